The van der Waals surface area contributed by atoms with Crippen LogP contribution in [0, 0.1) is 10.1 Å². The summed E-state index contributed by atoms with van der Waals surface area (Å²) in [6.07, 6.45) is 0. The maximum Gasteiger partial charge on any atom is 0.339 e. The molecule has 0 aliphatic rings. The molecule has 0 aliphatic heterocycles. The first-order valence-electron chi connectivity index (χ1n) is 5.28. The van der Waals surface area contributed by atoms with E-state index in [1.807, 2.05) is 6.92 Å². The highest BCUT2D eigenvalue weighted by molar-refractivity contribution is 5.91. The van der Waals surface area contributed by atoms with Gasteiger partial charge in [-0.25, -0.2) is 4.79 Å². The Morgan fingerprint density at radius 3 is 2.72 bits per heavy atom. The first-order chi connectivity index (χ1) is 8.56. The summed E-state index contributed by atoms with van der Waals surface area (Å²) in [5.41, 5.74) is -0.330. The van der Waals surface area contributed by atoms with Gasteiger partial charge in [0.15, 0.2) is 0 Å². The molecule has 18 heavy (non-hydrogen) atoms. The van der Waals surface area contributed by atoms with Crippen molar-refractivity contribution in [2.75, 3.05) is 19.8 Å². The second-order valence-electron chi connectivity index (χ2n) is 3.29. The van der Waals surface area contributed by atoms with E-state index in [2.05, 4.69) is 0 Å². The third-order valence-electron chi connectivity index (χ3n) is 2.10. The van der Waals surface area contributed by atoms with Gasteiger partial charge in [0, 0.05) is 12.7 Å². The minimum Gasteiger partial charge on any atom is -0.490 e. The van der Waals surface area contributed by atoms with Crippen LogP contribution in [0.2, 0.25) is 0 Å². The molecule has 0 radical (unpaired) electrons. The average Bonchev–Trinajstić information content (AvgIpc) is 2.34. The highest BCUT2D eigenvalue weighted by atomic mass is 16.6. The van der Waals surface area contributed by atoms with Gasteiger partial charge in [0.2, 0.25) is 0 Å². The van der Waals surface area contributed by atoms with Gasteiger partial charge in [-0.2, -0.15) is 0 Å². The normalized spacial score (nSPS) is 10.1. The van der Waals surface area contributed by atoms with E-state index in [9.17, 15) is 14.9 Å². The Morgan fingerprint density at radius 1 is 1.44 bits per heavy atom. The second-order valence-corrected chi connectivity index (χ2v) is 3.29. The summed E-state index contributed by atoms with van der Waals surface area (Å²) in [6, 6.07) is 3.37. The number of aromatic carboxylic acids is 1. The Balaban J connectivity index is 2.86. The standard InChI is InChI=1S/C11H13NO6/c1-2-17-5-6-18-10-7-8(12(15)16)3-4-9(10)11(13)14/h3-4,7H,2,5-6H2,1H3,(H,13,14). The van der Waals surface area contributed by atoms with Gasteiger partial charge >= 0.3 is 5.97 Å². The number of non-ortho nitro benzene ring substituents is 1. The molecule has 98 valence electrons. The van der Waals surface area contributed by atoms with Crippen LogP contribution in [0.5, 0.6) is 5.75 Å². The molecule has 7 nitrogen and oxygen atoms in total. The predicted molar refractivity (Wildman–Crippen MR) is 62.0 cm³/mol. The number of carboxylic acid groups (broad SMARTS) is 1. The first kappa shape index (κ1) is 13.9. The quantitative estimate of drug-likeness (QED) is 0.452. The van der Waals surface area contributed by atoms with E-state index in [0.29, 0.717) is 6.61 Å². The van der Waals surface area contributed by atoms with Crippen LogP contribution in [-0.4, -0.2) is 35.8 Å². The lowest BCUT2D eigenvalue weighted by Gasteiger charge is -2.08. The van der Waals surface area contributed by atoms with Crippen LogP contribution in [0.15, 0.2) is 18.2 Å². The predicted octanol–water partition coefficient (Wildman–Crippen LogP) is 1.71. The molecule has 0 saturated heterocycles. The number of hydrogen-bond acceptors (Lipinski definition) is 5. The van der Waals surface area contributed by atoms with Gasteiger partial charge in [-0.1, -0.05) is 0 Å². The number of nitrogens with zero attached hydrogens (tertiary/aromatic N) is 1. The molecule has 0 fully saturated rings. The van der Waals surface area contributed by atoms with Crippen LogP contribution >= 0.6 is 0 Å². The van der Waals surface area contributed by atoms with Crippen molar-refractivity contribution in [2.24, 2.45) is 0 Å². The average molecular weight is 255 g/mol. The van der Waals surface area contributed by atoms with Crippen LogP contribution in [0.25, 0.3) is 0 Å². The third kappa shape index (κ3) is 3.70. The van der Waals surface area contributed by atoms with Gasteiger partial charge in [0.1, 0.15) is 17.9 Å². The van der Waals surface area contributed by atoms with Crippen molar-refractivity contribution in [1.82, 2.24) is 0 Å². The lowest BCUT2D eigenvalue weighted by atomic mass is 10.2. The lowest BCUT2D eigenvalue weighted by Crippen LogP contribution is -2.09. The molecule has 0 aromatic heterocycles. The van der Waals surface area contributed by atoms with Crippen molar-refractivity contribution in [1.29, 1.82) is 0 Å². The van der Waals surface area contributed by atoms with E-state index >= 15 is 0 Å². The molecule has 0 unspecified atom stereocenters. The van der Waals surface area contributed by atoms with Crippen LogP contribution in [0.3, 0.4) is 0 Å². The van der Waals surface area contributed by atoms with E-state index < -0.39 is 10.9 Å². The largest absolute Gasteiger partial charge is 0.490 e. The Labute approximate surface area is 103 Å². The van der Waals surface area contributed by atoms with Gasteiger partial charge in [-0.15, -0.1) is 0 Å². The van der Waals surface area contributed by atoms with Crippen molar-refractivity contribution in [2.45, 2.75) is 6.92 Å². The summed E-state index contributed by atoms with van der Waals surface area (Å²) in [5, 5.41) is 19.5. The highest BCUT2D eigenvalue weighted by Gasteiger charge is 2.16. The monoisotopic (exact) mass is 255 g/mol. The fourth-order valence-electron chi connectivity index (χ4n) is 1.28. The van der Waals surface area contributed by atoms with Crippen molar-refractivity contribution in [3.05, 3.63) is 33.9 Å². The number of benzene rings is 1. The number of carboxylic acids is 1. The zero-order chi connectivity index (χ0) is 13.5. The summed E-state index contributed by atoms with van der Waals surface area (Å²) in [5.74, 6) is -1.23. The summed E-state index contributed by atoms with van der Waals surface area (Å²) >= 11 is 0. The molecule has 7 heteroatoms. The van der Waals surface area contributed by atoms with Gasteiger partial charge in [0.25, 0.3) is 5.69 Å². The number of rotatable bonds is 7. The van der Waals surface area contributed by atoms with Crippen molar-refractivity contribution < 1.29 is 24.3 Å². The molecular weight excluding hydrogens is 242 g/mol. The second kappa shape index (κ2) is 6.55. The van der Waals surface area contributed by atoms with Crippen molar-refractivity contribution in [3.63, 3.8) is 0 Å². The van der Waals surface area contributed by atoms with E-state index in [0.717, 1.165) is 18.2 Å². The zero-order valence-corrected chi connectivity index (χ0v) is 9.79. The van der Waals surface area contributed by atoms with Crippen LogP contribution in [0.4, 0.5) is 5.69 Å². The van der Waals surface area contributed by atoms with Crippen molar-refractivity contribution >= 4 is 11.7 Å². The number of ether oxygens (including phenoxy) is 2. The summed E-state index contributed by atoms with van der Waals surface area (Å²) in [6.45, 7) is 2.76. The Morgan fingerprint density at radius 2 is 2.17 bits per heavy atom. The van der Waals surface area contributed by atoms with Crippen molar-refractivity contribution in [3.8, 4) is 5.75 Å². The molecule has 0 amide bonds. The molecule has 1 N–H and O–H groups in total. The third-order valence-corrected chi connectivity index (χ3v) is 2.10. The van der Waals surface area contributed by atoms with Crippen LogP contribution in [0.1, 0.15) is 17.3 Å². The fourth-order valence-corrected chi connectivity index (χ4v) is 1.28. The van der Waals surface area contributed by atoms with Gasteiger partial charge < -0.3 is 14.6 Å². The molecule has 1 rings (SSSR count). The van der Waals surface area contributed by atoms with E-state index in [1.165, 1.54) is 0 Å². The molecule has 1 aromatic rings. The van der Waals surface area contributed by atoms with E-state index in [1.54, 1.807) is 0 Å². The Kier molecular flexibility index (Phi) is 5.06. The van der Waals surface area contributed by atoms with Gasteiger partial charge in [-0.05, 0) is 13.0 Å². The maximum absolute atomic E-state index is 10.9. The zero-order valence-electron chi connectivity index (χ0n) is 9.79. The number of nitro benzene ring substituents is 1. The minimum absolute atomic E-state index is 0.0311. The van der Waals surface area contributed by atoms with Gasteiger partial charge in [-0.3, -0.25) is 10.1 Å². The van der Waals surface area contributed by atoms with Crippen LogP contribution < -0.4 is 4.74 Å². The molecule has 1 aromatic carbocycles. The van der Waals surface area contributed by atoms with E-state index in [4.69, 9.17) is 14.6 Å². The maximum atomic E-state index is 10.9. The van der Waals surface area contributed by atoms with Crippen LogP contribution in [-0.2, 0) is 4.74 Å². The van der Waals surface area contributed by atoms with Gasteiger partial charge in [0.05, 0.1) is 17.6 Å². The Hall–Kier alpha value is -2.15. The molecular formula is C11H13NO6. The molecule has 0 bridgehead atoms. The first-order valence-corrected chi connectivity index (χ1v) is 5.28. The van der Waals surface area contributed by atoms with E-state index in [-0.39, 0.29) is 30.2 Å². The number of carbonyl (C=O) groups is 1. The SMILES string of the molecule is CCOCCOc1cc([N+](=O)[O-])ccc1C(=O)O. The molecule has 0 spiro atoms. The Bertz CT molecular complexity index is 445. The number of hydrogen-bond donors (Lipinski definition) is 1. The summed E-state index contributed by atoms with van der Waals surface area (Å²) in [7, 11) is 0. The molecule has 0 saturated carbocycles. The molecule has 0 aliphatic carbocycles. The smallest absolute Gasteiger partial charge is 0.339 e. The number of nitro groups is 1. The summed E-state index contributed by atoms with van der Waals surface area (Å²) in [4.78, 5) is 20.9. The topological polar surface area (TPSA) is 98.9 Å². The fraction of sp³-hybridized carbons (Fsp3) is 0.364. The molecule has 0 atom stereocenters. The molecule has 0 heterocycles. The summed E-state index contributed by atoms with van der Waals surface area (Å²) < 4.78 is 10.2. The minimum atomic E-state index is -1.20. The lowest BCUT2D eigenvalue weighted by molar-refractivity contribution is -0.384. The highest BCUT2D eigenvalue weighted by Crippen LogP contribution is 2.24.